The van der Waals surface area contributed by atoms with Gasteiger partial charge in [0, 0.05) is 12.7 Å². The maximum absolute atomic E-state index is 11.7. The van der Waals surface area contributed by atoms with E-state index in [4.69, 9.17) is 14.0 Å². The van der Waals surface area contributed by atoms with E-state index in [-0.39, 0.29) is 24.4 Å². The first-order chi connectivity index (χ1) is 13.6. The molecule has 1 aromatic heterocycles. The fourth-order valence-corrected chi connectivity index (χ4v) is 3.31. The minimum atomic E-state index is -0.395. The van der Waals surface area contributed by atoms with E-state index in [1.54, 1.807) is 12.1 Å². The van der Waals surface area contributed by atoms with E-state index in [1.165, 1.54) is 7.11 Å². The number of ether oxygens (including phenoxy) is 2. The number of rotatable bonds is 7. The van der Waals surface area contributed by atoms with Crippen molar-refractivity contribution in [2.75, 3.05) is 20.3 Å². The topological polar surface area (TPSA) is 81.8 Å². The van der Waals surface area contributed by atoms with E-state index in [0.29, 0.717) is 5.69 Å². The van der Waals surface area contributed by atoms with Crippen molar-refractivity contribution in [1.82, 2.24) is 5.16 Å². The summed E-state index contributed by atoms with van der Waals surface area (Å²) in [6.45, 7) is 0.163. The van der Waals surface area contributed by atoms with Gasteiger partial charge in [-0.2, -0.15) is 0 Å². The molecule has 0 atom stereocenters. The zero-order valence-corrected chi connectivity index (χ0v) is 15.6. The van der Waals surface area contributed by atoms with Crippen LogP contribution in [0.2, 0.25) is 0 Å². The van der Waals surface area contributed by atoms with E-state index < -0.39 is 5.97 Å². The Bertz CT molecular complexity index is 958. The van der Waals surface area contributed by atoms with Crippen LogP contribution in [-0.4, -0.2) is 36.6 Å². The molecular formula is C22H21NO5. The van der Waals surface area contributed by atoms with Gasteiger partial charge in [0.1, 0.15) is 24.7 Å². The molecule has 0 saturated heterocycles. The number of esters is 1. The summed E-state index contributed by atoms with van der Waals surface area (Å²) in [4.78, 5) is 11.7. The van der Waals surface area contributed by atoms with Gasteiger partial charge in [-0.25, -0.2) is 4.79 Å². The van der Waals surface area contributed by atoms with Crippen molar-refractivity contribution < 1.29 is 23.9 Å². The van der Waals surface area contributed by atoms with Crippen LogP contribution in [0.3, 0.4) is 0 Å². The molecule has 1 heterocycles. The zero-order chi connectivity index (χ0) is 19.6. The molecule has 3 aromatic rings. The molecule has 0 bridgehead atoms. The maximum atomic E-state index is 11.7. The minimum absolute atomic E-state index is 0.0726. The van der Waals surface area contributed by atoms with E-state index in [9.17, 15) is 9.90 Å². The molecule has 1 aliphatic rings. The smallest absolute Gasteiger partial charge is 0.332 e. The highest BCUT2D eigenvalue weighted by molar-refractivity contribution is 5.83. The fourth-order valence-electron chi connectivity index (χ4n) is 3.31. The van der Waals surface area contributed by atoms with Gasteiger partial charge in [0.2, 0.25) is 0 Å². The Labute approximate surface area is 162 Å². The third-order valence-corrected chi connectivity index (χ3v) is 5.00. The van der Waals surface area contributed by atoms with Crippen LogP contribution < -0.4 is 0 Å². The van der Waals surface area contributed by atoms with Crippen molar-refractivity contribution in [3.8, 4) is 28.1 Å². The van der Waals surface area contributed by atoms with Crippen LogP contribution in [0.1, 0.15) is 18.6 Å². The average molecular weight is 379 g/mol. The maximum Gasteiger partial charge on any atom is 0.332 e. The van der Waals surface area contributed by atoms with E-state index >= 15 is 0 Å². The summed E-state index contributed by atoms with van der Waals surface area (Å²) in [5.41, 5.74) is 3.06. The van der Waals surface area contributed by atoms with Crippen LogP contribution in [0.25, 0.3) is 22.4 Å². The standard InChI is InChI=1S/C22H21NO5/c1-26-13-18(25)27-14-22(11-12-22)21-19(15-5-3-2-4-6-15)20(23-28-21)16-7-9-17(24)10-8-16/h2-10,24H,11-14H2,1H3. The summed E-state index contributed by atoms with van der Waals surface area (Å²) in [5, 5.41) is 13.9. The van der Waals surface area contributed by atoms with Crippen LogP contribution in [0.15, 0.2) is 59.1 Å². The number of phenols is 1. The fraction of sp³-hybridized carbons (Fsp3) is 0.273. The van der Waals surface area contributed by atoms with Crippen LogP contribution in [0.5, 0.6) is 5.75 Å². The summed E-state index contributed by atoms with van der Waals surface area (Å²) >= 11 is 0. The Morgan fingerprint density at radius 2 is 1.82 bits per heavy atom. The third-order valence-electron chi connectivity index (χ3n) is 5.00. The van der Waals surface area contributed by atoms with Gasteiger partial charge in [0.15, 0.2) is 5.76 Å². The Hall–Kier alpha value is -3.12. The van der Waals surface area contributed by atoms with E-state index in [0.717, 1.165) is 35.3 Å². The molecule has 28 heavy (non-hydrogen) atoms. The van der Waals surface area contributed by atoms with Crippen molar-refractivity contribution in [2.45, 2.75) is 18.3 Å². The molecule has 4 rings (SSSR count). The van der Waals surface area contributed by atoms with Crippen LogP contribution in [-0.2, 0) is 19.7 Å². The monoisotopic (exact) mass is 379 g/mol. The van der Waals surface area contributed by atoms with Crippen molar-refractivity contribution in [3.63, 3.8) is 0 Å². The number of hydrogen-bond donors (Lipinski definition) is 1. The van der Waals surface area contributed by atoms with E-state index in [1.807, 2.05) is 42.5 Å². The summed E-state index contributed by atoms with van der Waals surface area (Å²) in [7, 11) is 1.46. The molecule has 0 unspecified atom stereocenters. The van der Waals surface area contributed by atoms with Gasteiger partial charge >= 0.3 is 5.97 Å². The molecule has 1 aliphatic carbocycles. The molecule has 1 saturated carbocycles. The lowest BCUT2D eigenvalue weighted by Crippen LogP contribution is -2.21. The number of aromatic hydroxyl groups is 1. The molecule has 1 N–H and O–H groups in total. The first-order valence-corrected chi connectivity index (χ1v) is 9.12. The lowest BCUT2D eigenvalue weighted by Gasteiger charge is -2.14. The lowest BCUT2D eigenvalue weighted by molar-refractivity contribution is -0.149. The SMILES string of the molecule is COCC(=O)OCC1(c2onc(-c3ccc(O)cc3)c2-c2ccccc2)CC1. The molecular weight excluding hydrogens is 358 g/mol. The van der Waals surface area contributed by atoms with Crippen molar-refractivity contribution in [2.24, 2.45) is 0 Å². The zero-order valence-electron chi connectivity index (χ0n) is 15.6. The van der Waals surface area contributed by atoms with E-state index in [2.05, 4.69) is 5.16 Å². The Kier molecular flexibility index (Phi) is 4.88. The summed E-state index contributed by atoms with van der Waals surface area (Å²) in [6.07, 6.45) is 1.72. The number of phenolic OH excluding ortho intramolecular Hbond substituents is 1. The largest absolute Gasteiger partial charge is 0.508 e. The molecule has 0 spiro atoms. The quantitative estimate of drug-likeness (QED) is 0.626. The number of hydrogen-bond acceptors (Lipinski definition) is 6. The first kappa shape index (κ1) is 18.3. The number of benzene rings is 2. The molecule has 0 radical (unpaired) electrons. The van der Waals surface area contributed by atoms with Crippen molar-refractivity contribution >= 4 is 5.97 Å². The molecule has 6 nitrogen and oxygen atoms in total. The number of methoxy groups -OCH3 is 1. The number of aromatic nitrogens is 1. The normalized spacial score (nSPS) is 14.6. The Morgan fingerprint density at radius 1 is 1.11 bits per heavy atom. The molecule has 1 fully saturated rings. The van der Waals surface area contributed by atoms with Gasteiger partial charge in [-0.3, -0.25) is 0 Å². The number of carbonyl (C=O) groups is 1. The van der Waals surface area contributed by atoms with Crippen molar-refractivity contribution in [3.05, 3.63) is 60.4 Å². The predicted molar refractivity (Wildman–Crippen MR) is 103 cm³/mol. The van der Waals surface area contributed by atoms with Gasteiger partial charge in [0.25, 0.3) is 0 Å². The second-order valence-corrected chi connectivity index (χ2v) is 7.02. The minimum Gasteiger partial charge on any atom is -0.508 e. The lowest BCUT2D eigenvalue weighted by atomic mass is 9.92. The second kappa shape index (κ2) is 7.48. The molecule has 2 aromatic carbocycles. The average Bonchev–Trinajstić information content (AvgIpc) is 3.37. The van der Waals surface area contributed by atoms with Crippen molar-refractivity contribution in [1.29, 1.82) is 0 Å². The van der Waals surface area contributed by atoms with Gasteiger partial charge in [-0.15, -0.1) is 0 Å². The van der Waals surface area contributed by atoms with Gasteiger partial charge < -0.3 is 19.1 Å². The predicted octanol–water partition coefficient (Wildman–Crippen LogP) is 3.94. The molecule has 0 aliphatic heterocycles. The highest BCUT2D eigenvalue weighted by Gasteiger charge is 2.51. The summed E-state index contributed by atoms with van der Waals surface area (Å²) < 4.78 is 16.0. The molecule has 0 amide bonds. The molecule has 144 valence electrons. The number of carbonyl (C=O) groups excluding carboxylic acids is 1. The van der Waals surface area contributed by atoms with Crippen LogP contribution in [0.4, 0.5) is 0 Å². The second-order valence-electron chi connectivity index (χ2n) is 7.02. The Morgan fingerprint density at radius 3 is 2.46 bits per heavy atom. The summed E-state index contributed by atoms with van der Waals surface area (Å²) in [5.74, 6) is 0.526. The highest BCUT2D eigenvalue weighted by Crippen LogP contribution is 2.53. The Balaban J connectivity index is 1.74. The van der Waals surface area contributed by atoms with Gasteiger partial charge in [-0.05, 0) is 42.7 Å². The third kappa shape index (κ3) is 3.51. The molecule has 6 heteroatoms. The van der Waals surface area contributed by atoms with Crippen LogP contribution in [0, 0.1) is 0 Å². The number of nitrogens with zero attached hydrogens (tertiary/aromatic N) is 1. The van der Waals surface area contributed by atoms with Gasteiger partial charge in [0.05, 0.1) is 11.0 Å². The van der Waals surface area contributed by atoms with Crippen LogP contribution >= 0.6 is 0 Å². The summed E-state index contributed by atoms with van der Waals surface area (Å²) in [6, 6.07) is 16.8. The highest BCUT2D eigenvalue weighted by atomic mass is 16.6. The van der Waals surface area contributed by atoms with Gasteiger partial charge in [-0.1, -0.05) is 35.5 Å². The first-order valence-electron chi connectivity index (χ1n) is 9.12.